The lowest BCUT2D eigenvalue weighted by Crippen LogP contribution is -2.53. The highest BCUT2D eigenvalue weighted by atomic mass is 15.3. The lowest BCUT2D eigenvalue weighted by atomic mass is 9.74. The van der Waals surface area contributed by atoms with Crippen LogP contribution in [0.1, 0.15) is 25.7 Å². The molecule has 0 aromatic rings. The molecule has 0 aliphatic carbocycles. The fraction of sp³-hybridized carbons (Fsp3) is 1.00. The Hall–Kier alpha value is -0.160. The van der Waals surface area contributed by atoms with Gasteiger partial charge in [-0.05, 0) is 51.2 Å². The highest BCUT2D eigenvalue weighted by Gasteiger charge is 2.36. The van der Waals surface area contributed by atoms with E-state index in [2.05, 4.69) is 27.1 Å². The zero-order chi connectivity index (χ0) is 13.8. The summed E-state index contributed by atoms with van der Waals surface area (Å²) in [5, 5.41) is 3.63. The standard InChI is InChI=1S/C16H32N4/c1-18-8-10-19(11-9-18)12-13-20-7-3-5-16(15-20)4-2-6-17-14-16/h17H,2-15H2,1H3. The second-order valence-electron chi connectivity index (χ2n) is 7.30. The van der Waals surface area contributed by atoms with Gasteiger partial charge in [-0.1, -0.05) is 0 Å². The second-order valence-corrected chi connectivity index (χ2v) is 7.30. The maximum Gasteiger partial charge on any atom is 0.0110 e. The Labute approximate surface area is 124 Å². The number of hydrogen-bond donors (Lipinski definition) is 1. The number of nitrogens with zero attached hydrogens (tertiary/aromatic N) is 3. The molecule has 0 aromatic heterocycles. The molecular formula is C16H32N4. The summed E-state index contributed by atoms with van der Waals surface area (Å²) < 4.78 is 0. The van der Waals surface area contributed by atoms with Gasteiger partial charge in [0.1, 0.15) is 0 Å². The van der Waals surface area contributed by atoms with Crippen LogP contribution in [-0.4, -0.2) is 87.2 Å². The monoisotopic (exact) mass is 280 g/mol. The van der Waals surface area contributed by atoms with Crippen molar-refractivity contribution < 1.29 is 0 Å². The van der Waals surface area contributed by atoms with Crippen molar-refractivity contribution in [1.29, 1.82) is 0 Å². The molecule has 3 aliphatic heterocycles. The SMILES string of the molecule is CN1CCN(CCN2CCCC3(CCCNC3)C2)CC1. The summed E-state index contributed by atoms with van der Waals surface area (Å²) in [5.41, 5.74) is 0.610. The van der Waals surface area contributed by atoms with E-state index in [1.807, 2.05) is 0 Å². The molecule has 3 heterocycles. The maximum atomic E-state index is 3.63. The Balaban J connectivity index is 1.43. The molecule has 4 nitrogen and oxygen atoms in total. The molecule has 1 unspecified atom stereocenters. The average Bonchev–Trinajstić information content (AvgIpc) is 2.48. The zero-order valence-corrected chi connectivity index (χ0v) is 13.2. The molecular weight excluding hydrogens is 248 g/mol. The van der Waals surface area contributed by atoms with E-state index in [-0.39, 0.29) is 0 Å². The van der Waals surface area contributed by atoms with Gasteiger partial charge in [0.2, 0.25) is 0 Å². The molecule has 0 radical (unpaired) electrons. The van der Waals surface area contributed by atoms with Gasteiger partial charge in [0, 0.05) is 52.4 Å². The summed E-state index contributed by atoms with van der Waals surface area (Å²) >= 11 is 0. The van der Waals surface area contributed by atoms with Crippen LogP contribution in [0.4, 0.5) is 0 Å². The van der Waals surface area contributed by atoms with Crippen LogP contribution in [-0.2, 0) is 0 Å². The van der Waals surface area contributed by atoms with Crippen molar-refractivity contribution in [2.24, 2.45) is 5.41 Å². The van der Waals surface area contributed by atoms with Crippen LogP contribution in [0.15, 0.2) is 0 Å². The van der Waals surface area contributed by atoms with Crippen molar-refractivity contribution in [3.8, 4) is 0 Å². The van der Waals surface area contributed by atoms with Gasteiger partial charge in [-0.3, -0.25) is 4.90 Å². The van der Waals surface area contributed by atoms with Crippen LogP contribution < -0.4 is 5.32 Å². The normalized spacial score (nSPS) is 34.6. The van der Waals surface area contributed by atoms with E-state index >= 15 is 0 Å². The Morgan fingerprint density at radius 3 is 2.40 bits per heavy atom. The lowest BCUT2D eigenvalue weighted by Gasteiger charge is -2.46. The third-order valence-corrected chi connectivity index (χ3v) is 5.63. The molecule has 3 aliphatic rings. The van der Waals surface area contributed by atoms with Crippen LogP contribution >= 0.6 is 0 Å². The molecule has 3 fully saturated rings. The first-order valence-electron chi connectivity index (χ1n) is 8.60. The van der Waals surface area contributed by atoms with Gasteiger partial charge in [-0.15, -0.1) is 0 Å². The minimum absolute atomic E-state index is 0.610. The maximum absolute atomic E-state index is 3.63. The number of rotatable bonds is 3. The lowest BCUT2D eigenvalue weighted by molar-refractivity contribution is 0.0529. The smallest absolute Gasteiger partial charge is 0.0110 e. The molecule has 116 valence electrons. The van der Waals surface area contributed by atoms with Crippen LogP contribution in [0.3, 0.4) is 0 Å². The molecule has 1 N–H and O–H groups in total. The molecule has 4 heteroatoms. The summed E-state index contributed by atoms with van der Waals surface area (Å²) in [4.78, 5) is 7.84. The molecule has 0 saturated carbocycles. The van der Waals surface area contributed by atoms with Crippen LogP contribution in [0.25, 0.3) is 0 Å². The highest BCUT2D eigenvalue weighted by Crippen LogP contribution is 2.35. The van der Waals surface area contributed by atoms with Gasteiger partial charge in [0.15, 0.2) is 0 Å². The van der Waals surface area contributed by atoms with Crippen molar-refractivity contribution >= 4 is 0 Å². The number of likely N-dealkylation sites (N-methyl/N-ethyl adjacent to an activating group) is 1. The number of nitrogens with one attached hydrogen (secondary N) is 1. The molecule has 1 atom stereocenters. The fourth-order valence-corrected chi connectivity index (χ4v) is 4.23. The molecule has 0 amide bonds. The van der Waals surface area contributed by atoms with Crippen molar-refractivity contribution in [3.63, 3.8) is 0 Å². The third-order valence-electron chi connectivity index (χ3n) is 5.63. The molecule has 1 spiro atoms. The predicted molar refractivity (Wildman–Crippen MR) is 84.1 cm³/mol. The minimum Gasteiger partial charge on any atom is -0.316 e. The predicted octanol–water partition coefficient (Wildman–Crippen LogP) is 0.699. The molecule has 3 rings (SSSR count). The average molecular weight is 280 g/mol. The number of hydrogen-bond acceptors (Lipinski definition) is 4. The minimum atomic E-state index is 0.610. The largest absolute Gasteiger partial charge is 0.316 e. The van der Waals surface area contributed by atoms with E-state index in [1.54, 1.807) is 0 Å². The van der Waals surface area contributed by atoms with E-state index in [9.17, 15) is 0 Å². The van der Waals surface area contributed by atoms with Crippen molar-refractivity contribution in [1.82, 2.24) is 20.0 Å². The first-order chi connectivity index (χ1) is 9.76. The third kappa shape index (κ3) is 3.73. The van der Waals surface area contributed by atoms with E-state index in [0.29, 0.717) is 5.41 Å². The Kier molecular flexibility index (Phi) is 4.97. The van der Waals surface area contributed by atoms with Gasteiger partial charge in [0.25, 0.3) is 0 Å². The quantitative estimate of drug-likeness (QED) is 0.821. The second kappa shape index (κ2) is 6.73. The summed E-state index contributed by atoms with van der Waals surface area (Å²) in [7, 11) is 2.24. The Morgan fingerprint density at radius 2 is 1.65 bits per heavy atom. The van der Waals surface area contributed by atoms with Crippen molar-refractivity contribution in [2.75, 3.05) is 72.5 Å². The van der Waals surface area contributed by atoms with E-state index < -0.39 is 0 Å². The molecule has 0 aromatic carbocycles. The van der Waals surface area contributed by atoms with E-state index in [1.165, 1.54) is 91.1 Å². The molecule has 20 heavy (non-hydrogen) atoms. The van der Waals surface area contributed by atoms with Gasteiger partial charge in [0.05, 0.1) is 0 Å². The van der Waals surface area contributed by atoms with Crippen molar-refractivity contribution in [2.45, 2.75) is 25.7 Å². The number of likely N-dealkylation sites (tertiary alicyclic amines) is 1. The zero-order valence-electron chi connectivity index (χ0n) is 13.2. The van der Waals surface area contributed by atoms with Crippen LogP contribution in [0, 0.1) is 5.41 Å². The molecule has 3 saturated heterocycles. The van der Waals surface area contributed by atoms with Gasteiger partial charge in [-0.2, -0.15) is 0 Å². The van der Waals surface area contributed by atoms with Crippen LogP contribution in [0.5, 0.6) is 0 Å². The number of piperidine rings is 2. The fourth-order valence-electron chi connectivity index (χ4n) is 4.23. The highest BCUT2D eigenvalue weighted by molar-refractivity contribution is 4.91. The number of piperazine rings is 1. The summed E-state index contributed by atoms with van der Waals surface area (Å²) in [6, 6.07) is 0. The first kappa shape index (κ1) is 14.8. The molecule has 0 bridgehead atoms. The van der Waals surface area contributed by atoms with Gasteiger partial charge >= 0.3 is 0 Å². The van der Waals surface area contributed by atoms with Crippen molar-refractivity contribution in [3.05, 3.63) is 0 Å². The Bertz CT molecular complexity index is 287. The topological polar surface area (TPSA) is 21.8 Å². The van der Waals surface area contributed by atoms with Gasteiger partial charge in [-0.25, -0.2) is 0 Å². The first-order valence-corrected chi connectivity index (χ1v) is 8.60. The summed E-state index contributed by atoms with van der Waals surface area (Å²) in [6.45, 7) is 12.7. The van der Waals surface area contributed by atoms with Crippen LogP contribution in [0.2, 0.25) is 0 Å². The summed E-state index contributed by atoms with van der Waals surface area (Å²) in [5.74, 6) is 0. The van der Waals surface area contributed by atoms with E-state index in [4.69, 9.17) is 0 Å². The summed E-state index contributed by atoms with van der Waals surface area (Å²) in [6.07, 6.45) is 5.69. The Morgan fingerprint density at radius 1 is 0.900 bits per heavy atom. The van der Waals surface area contributed by atoms with Gasteiger partial charge < -0.3 is 15.1 Å². The van der Waals surface area contributed by atoms with E-state index in [0.717, 1.165) is 0 Å².